The Morgan fingerprint density at radius 3 is 2.50 bits per heavy atom. The lowest BCUT2D eigenvalue weighted by molar-refractivity contribution is -0.137. The van der Waals surface area contributed by atoms with Crippen LogP contribution in [0.5, 0.6) is 0 Å². The molecule has 0 radical (unpaired) electrons. The second-order valence-corrected chi connectivity index (χ2v) is 4.23. The first-order valence-corrected chi connectivity index (χ1v) is 5.95. The van der Waals surface area contributed by atoms with Crippen LogP contribution in [0.1, 0.15) is 37.1 Å². The third-order valence-electron chi connectivity index (χ3n) is 2.54. The second kappa shape index (κ2) is 6.74. The molecule has 0 fully saturated rings. The van der Waals surface area contributed by atoms with E-state index in [4.69, 9.17) is 5.11 Å². The van der Waals surface area contributed by atoms with Crippen molar-refractivity contribution in [2.24, 2.45) is 0 Å². The Kier molecular flexibility index (Phi) is 5.30. The molecule has 5 nitrogen and oxygen atoms in total. The van der Waals surface area contributed by atoms with E-state index in [1.165, 1.54) is 0 Å². The molecule has 5 heteroatoms. The summed E-state index contributed by atoms with van der Waals surface area (Å²) in [5, 5.41) is 11.2. The van der Waals surface area contributed by atoms with Gasteiger partial charge in [0.05, 0.1) is 11.4 Å². The minimum Gasteiger partial charge on any atom is -0.481 e. The molecule has 0 aliphatic carbocycles. The number of unbranched alkanes of at least 4 members (excludes halogenated alkanes) is 1. The van der Waals surface area contributed by atoms with Gasteiger partial charge in [-0.05, 0) is 38.8 Å². The van der Waals surface area contributed by atoms with Crippen molar-refractivity contribution in [3.8, 4) is 0 Å². The second-order valence-electron chi connectivity index (χ2n) is 4.23. The molecular formula is C13H18N2O3. The molecule has 0 aliphatic rings. The average molecular weight is 250 g/mol. The van der Waals surface area contributed by atoms with Crippen molar-refractivity contribution < 1.29 is 14.7 Å². The number of hydrogen-bond acceptors (Lipinski definition) is 3. The van der Waals surface area contributed by atoms with Gasteiger partial charge in [0.25, 0.3) is 0 Å². The maximum Gasteiger partial charge on any atom is 0.303 e. The van der Waals surface area contributed by atoms with Gasteiger partial charge in [0.2, 0.25) is 5.91 Å². The van der Waals surface area contributed by atoms with Crippen molar-refractivity contribution in [3.05, 3.63) is 23.5 Å². The van der Waals surface area contributed by atoms with E-state index < -0.39 is 5.97 Å². The van der Waals surface area contributed by atoms with E-state index in [1.807, 2.05) is 26.0 Å². The van der Waals surface area contributed by atoms with Gasteiger partial charge in [-0.3, -0.25) is 14.6 Å². The zero-order chi connectivity index (χ0) is 13.5. The van der Waals surface area contributed by atoms with Crippen LogP contribution in [0, 0.1) is 13.8 Å². The molecule has 1 rings (SSSR count). The number of carboxylic acids is 1. The van der Waals surface area contributed by atoms with Gasteiger partial charge < -0.3 is 10.4 Å². The van der Waals surface area contributed by atoms with Crippen molar-refractivity contribution in [1.82, 2.24) is 4.98 Å². The molecular weight excluding hydrogens is 232 g/mol. The van der Waals surface area contributed by atoms with E-state index in [-0.39, 0.29) is 12.3 Å². The first-order valence-electron chi connectivity index (χ1n) is 5.95. The number of aromatic nitrogens is 1. The average Bonchev–Trinajstić information content (AvgIpc) is 2.28. The highest BCUT2D eigenvalue weighted by Crippen LogP contribution is 2.13. The number of carbonyl (C=O) groups excluding carboxylic acids is 1. The number of carboxylic acid groups (broad SMARTS) is 1. The summed E-state index contributed by atoms with van der Waals surface area (Å²) >= 11 is 0. The summed E-state index contributed by atoms with van der Waals surface area (Å²) in [6, 6.07) is 3.67. The Hall–Kier alpha value is -1.91. The monoisotopic (exact) mass is 250 g/mol. The topological polar surface area (TPSA) is 79.3 Å². The third-order valence-corrected chi connectivity index (χ3v) is 2.54. The Bertz CT molecular complexity index is 444. The van der Waals surface area contributed by atoms with Crippen LogP contribution in [0.15, 0.2) is 12.1 Å². The van der Waals surface area contributed by atoms with Crippen LogP contribution in [0.25, 0.3) is 0 Å². The zero-order valence-corrected chi connectivity index (χ0v) is 10.7. The number of hydrogen-bond donors (Lipinski definition) is 2. The van der Waals surface area contributed by atoms with E-state index in [9.17, 15) is 9.59 Å². The van der Waals surface area contributed by atoms with Crippen LogP contribution in [-0.2, 0) is 9.59 Å². The molecule has 1 amide bonds. The highest BCUT2D eigenvalue weighted by molar-refractivity contribution is 5.91. The molecule has 0 saturated carbocycles. The molecule has 0 unspecified atom stereocenters. The minimum absolute atomic E-state index is 0.103. The predicted molar refractivity (Wildman–Crippen MR) is 68.4 cm³/mol. The molecule has 1 aromatic heterocycles. The van der Waals surface area contributed by atoms with E-state index in [1.54, 1.807) is 0 Å². The Morgan fingerprint density at radius 1 is 1.22 bits per heavy atom. The van der Waals surface area contributed by atoms with E-state index in [2.05, 4.69) is 10.3 Å². The minimum atomic E-state index is -0.825. The van der Waals surface area contributed by atoms with Crippen LogP contribution >= 0.6 is 0 Å². The summed E-state index contributed by atoms with van der Waals surface area (Å²) in [6.45, 7) is 3.73. The molecule has 18 heavy (non-hydrogen) atoms. The number of rotatable bonds is 6. The predicted octanol–water partition coefficient (Wildman–Crippen LogP) is 2.28. The molecule has 2 N–H and O–H groups in total. The third kappa shape index (κ3) is 4.95. The van der Waals surface area contributed by atoms with E-state index >= 15 is 0 Å². The summed E-state index contributed by atoms with van der Waals surface area (Å²) in [5.41, 5.74) is 2.41. The van der Waals surface area contributed by atoms with E-state index in [0.29, 0.717) is 24.9 Å². The van der Waals surface area contributed by atoms with Gasteiger partial charge in [-0.1, -0.05) is 0 Å². The summed E-state index contributed by atoms with van der Waals surface area (Å²) in [6.07, 6.45) is 1.54. The van der Waals surface area contributed by atoms with Crippen LogP contribution < -0.4 is 5.32 Å². The SMILES string of the molecule is Cc1ccc(NC(=O)CCCCC(=O)O)c(C)n1. The van der Waals surface area contributed by atoms with Crippen LogP contribution in [0.2, 0.25) is 0 Å². The fourth-order valence-electron chi connectivity index (χ4n) is 1.59. The van der Waals surface area contributed by atoms with Crippen molar-refractivity contribution in [3.63, 3.8) is 0 Å². The first-order chi connectivity index (χ1) is 8.49. The molecule has 1 aromatic rings. The number of aliphatic carboxylic acids is 1. The maximum atomic E-state index is 11.6. The standard InChI is InChI=1S/C13H18N2O3/c1-9-7-8-11(10(2)14-9)15-12(16)5-3-4-6-13(17)18/h7-8H,3-6H2,1-2H3,(H,15,16)(H,17,18). The lowest BCUT2D eigenvalue weighted by Crippen LogP contribution is -2.12. The number of amides is 1. The lowest BCUT2D eigenvalue weighted by Gasteiger charge is -2.08. The van der Waals surface area contributed by atoms with Gasteiger partial charge in [-0.2, -0.15) is 0 Å². The van der Waals surface area contributed by atoms with Crippen LogP contribution in [0.4, 0.5) is 5.69 Å². The fraction of sp³-hybridized carbons (Fsp3) is 0.462. The number of nitrogens with zero attached hydrogens (tertiary/aromatic N) is 1. The van der Waals surface area contributed by atoms with Gasteiger partial charge in [-0.15, -0.1) is 0 Å². The summed E-state index contributed by atoms with van der Waals surface area (Å²) in [7, 11) is 0. The molecule has 98 valence electrons. The largest absolute Gasteiger partial charge is 0.481 e. The van der Waals surface area contributed by atoms with Gasteiger partial charge in [0.15, 0.2) is 0 Å². The van der Waals surface area contributed by atoms with Crippen molar-refractivity contribution >= 4 is 17.6 Å². The first kappa shape index (κ1) is 14.2. The van der Waals surface area contributed by atoms with Crippen molar-refractivity contribution in [1.29, 1.82) is 0 Å². The normalized spacial score (nSPS) is 10.1. The molecule has 0 aliphatic heterocycles. The number of pyridine rings is 1. The van der Waals surface area contributed by atoms with E-state index in [0.717, 1.165) is 11.4 Å². The van der Waals surface area contributed by atoms with Crippen molar-refractivity contribution in [2.75, 3.05) is 5.32 Å². The molecule has 1 heterocycles. The smallest absolute Gasteiger partial charge is 0.303 e. The number of nitrogens with one attached hydrogen (secondary N) is 1. The highest BCUT2D eigenvalue weighted by Gasteiger charge is 2.06. The Balaban J connectivity index is 2.38. The Morgan fingerprint density at radius 2 is 1.89 bits per heavy atom. The van der Waals surface area contributed by atoms with Crippen LogP contribution in [-0.4, -0.2) is 22.0 Å². The molecule has 0 saturated heterocycles. The highest BCUT2D eigenvalue weighted by atomic mass is 16.4. The quantitative estimate of drug-likeness (QED) is 0.759. The van der Waals surface area contributed by atoms with Crippen molar-refractivity contribution in [2.45, 2.75) is 39.5 Å². The fourth-order valence-corrected chi connectivity index (χ4v) is 1.59. The molecule has 0 aromatic carbocycles. The van der Waals surface area contributed by atoms with Gasteiger partial charge in [-0.25, -0.2) is 0 Å². The number of aryl methyl sites for hydroxylation is 2. The maximum absolute atomic E-state index is 11.6. The molecule has 0 spiro atoms. The van der Waals surface area contributed by atoms with Crippen LogP contribution in [0.3, 0.4) is 0 Å². The summed E-state index contributed by atoms with van der Waals surface area (Å²) in [5.74, 6) is -0.928. The van der Waals surface area contributed by atoms with Gasteiger partial charge >= 0.3 is 5.97 Å². The number of anilines is 1. The lowest BCUT2D eigenvalue weighted by atomic mass is 10.2. The molecule has 0 bridgehead atoms. The van der Waals surface area contributed by atoms with Gasteiger partial charge in [0, 0.05) is 18.5 Å². The summed E-state index contributed by atoms with van der Waals surface area (Å²) < 4.78 is 0. The van der Waals surface area contributed by atoms with Gasteiger partial charge in [0.1, 0.15) is 0 Å². The molecule has 0 atom stereocenters. The zero-order valence-electron chi connectivity index (χ0n) is 10.7. The Labute approximate surface area is 106 Å². The summed E-state index contributed by atoms with van der Waals surface area (Å²) in [4.78, 5) is 26.2. The number of carbonyl (C=O) groups is 2.